The number of pyridine rings is 2. The molecule has 1 saturated carbocycles. The summed E-state index contributed by atoms with van der Waals surface area (Å²) in [6.45, 7) is 0.368. The number of nitrogens with one attached hydrogen (secondary N) is 1. The highest BCUT2D eigenvalue weighted by Gasteiger charge is 2.51. The van der Waals surface area contributed by atoms with E-state index in [9.17, 15) is 9.90 Å². The van der Waals surface area contributed by atoms with Crippen molar-refractivity contribution in [2.24, 2.45) is 5.73 Å². The summed E-state index contributed by atoms with van der Waals surface area (Å²) in [5.41, 5.74) is 9.85. The molecule has 1 fully saturated rings. The van der Waals surface area contributed by atoms with Crippen LogP contribution in [0.2, 0.25) is 0 Å². The Hall–Kier alpha value is -3.06. The lowest BCUT2D eigenvalue weighted by Gasteiger charge is -2.10. The Morgan fingerprint density at radius 3 is 2.44 bits per heavy atom. The van der Waals surface area contributed by atoms with E-state index in [1.165, 1.54) is 0 Å². The SMILES string of the molecule is NCc1[nH]ncc1-c1ccc(-c2ccc(C3(C(=O)O)CC3)cn2)cn1. The van der Waals surface area contributed by atoms with Gasteiger partial charge in [-0.05, 0) is 36.6 Å². The molecule has 0 atom stereocenters. The third-order valence-electron chi connectivity index (χ3n) is 4.73. The second-order valence-electron chi connectivity index (χ2n) is 6.22. The molecule has 126 valence electrons. The van der Waals surface area contributed by atoms with Crippen LogP contribution in [-0.4, -0.2) is 31.2 Å². The molecule has 0 unspecified atom stereocenters. The molecule has 4 N–H and O–H groups in total. The molecule has 0 bridgehead atoms. The number of aromatic nitrogens is 4. The van der Waals surface area contributed by atoms with Crippen LogP contribution in [0.15, 0.2) is 42.9 Å². The van der Waals surface area contributed by atoms with Gasteiger partial charge in [-0.2, -0.15) is 5.10 Å². The number of H-pyrrole nitrogens is 1. The number of aliphatic carboxylic acids is 1. The van der Waals surface area contributed by atoms with Gasteiger partial charge in [0.25, 0.3) is 0 Å². The van der Waals surface area contributed by atoms with Crippen molar-refractivity contribution in [3.8, 4) is 22.5 Å². The summed E-state index contributed by atoms with van der Waals surface area (Å²) in [5.74, 6) is -0.774. The lowest BCUT2D eigenvalue weighted by molar-refractivity contribution is -0.140. The van der Waals surface area contributed by atoms with Gasteiger partial charge in [-0.1, -0.05) is 6.07 Å². The van der Waals surface area contributed by atoms with Crippen molar-refractivity contribution in [3.63, 3.8) is 0 Å². The van der Waals surface area contributed by atoms with E-state index in [0.717, 1.165) is 33.8 Å². The molecule has 0 aliphatic heterocycles. The van der Waals surface area contributed by atoms with Crippen LogP contribution < -0.4 is 5.73 Å². The maximum absolute atomic E-state index is 11.4. The van der Waals surface area contributed by atoms with Gasteiger partial charge in [0.05, 0.1) is 28.7 Å². The molecule has 4 rings (SSSR count). The first-order valence-corrected chi connectivity index (χ1v) is 8.03. The summed E-state index contributed by atoms with van der Waals surface area (Å²) >= 11 is 0. The number of carboxylic acids is 1. The van der Waals surface area contributed by atoms with Crippen molar-refractivity contribution >= 4 is 5.97 Å². The molecular weight excluding hydrogens is 318 g/mol. The number of rotatable bonds is 5. The molecule has 25 heavy (non-hydrogen) atoms. The molecule has 7 heteroatoms. The summed E-state index contributed by atoms with van der Waals surface area (Å²) in [5, 5.41) is 16.2. The minimum Gasteiger partial charge on any atom is -0.481 e. The Morgan fingerprint density at radius 1 is 1.12 bits per heavy atom. The minimum absolute atomic E-state index is 0.368. The molecule has 3 heterocycles. The van der Waals surface area contributed by atoms with Gasteiger partial charge in [0, 0.05) is 30.1 Å². The largest absolute Gasteiger partial charge is 0.481 e. The lowest BCUT2D eigenvalue weighted by Crippen LogP contribution is -2.19. The fourth-order valence-corrected chi connectivity index (χ4v) is 2.99. The van der Waals surface area contributed by atoms with Crippen molar-refractivity contribution in [1.82, 2.24) is 20.2 Å². The van der Waals surface area contributed by atoms with Crippen LogP contribution in [0.3, 0.4) is 0 Å². The summed E-state index contributed by atoms with van der Waals surface area (Å²) in [6, 6.07) is 7.52. The maximum atomic E-state index is 11.4. The van der Waals surface area contributed by atoms with Crippen LogP contribution >= 0.6 is 0 Å². The average Bonchev–Trinajstić information content (AvgIpc) is 3.33. The number of nitrogens with zero attached hydrogens (tertiary/aromatic N) is 3. The quantitative estimate of drug-likeness (QED) is 0.657. The summed E-state index contributed by atoms with van der Waals surface area (Å²) in [7, 11) is 0. The predicted molar refractivity (Wildman–Crippen MR) is 91.5 cm³/mol. The Kier molecular flexibility index (Phi) is 3.58. The Bertz CT molecular complexity index is 911. The van der Waals surface area contributed by atoms with Gasteiger partial charge < -0.3 is 10.8 Å². The first-order chi connectivity index (χ1) is 12.1. The Balaban J connectivity index is 1.59. The zero-order valence-corrected chi connectivity index (χ0v) is 13.4. The fourth-order valence-electron chi connectivity index (χ4n) is 2.99. The monoisotopic (exact) mass is 335 g/mol. The Morgan fingerprint density at radius 2 is 1.88 bits per heavy atom. The number of carbonyl (C=O) groups is 1. The number of aromatic amines is 1. The molecule has 0 saturated heterocycles. The third-order valence-corrected chi connectivity index (χ3v) is 4.73. The van der Waals surface area contributed by atoms with Crippen LogP contribution in [0, 0.1) is 0 Å². The molecule has 0 aromatic carbocycles. The summed E-state index contributed by atoms with van der Waals surface area (Å²) in [4.78, 5) is 20.3. The van der Waals surface area contributed by atoms with E-state index in [1.807, 2.05) is 24.3 Å². The van der Waals surface area contributed by atoms with Crippen LogP contribution in [0.1, 0.15) is 24.1 Å². The van der Waals surface area contributed by atoms with E-state index in [-0.39, 0.29) is 0 Å². The molecule has 3 aromatic rings. The molecule has 0 spiro atoms. The Labute approximate surface area is 143 Å². The van der Waals surface area contributed by atoms with E-state index in [0.29, 0.717) is 19.4 Å². The van der Waals surface area contributed by atoms with Crippen LogP contribution in [0.5, 0.6) is 0 Å². The lowest BCUT2D eigenvalue weighted by atomic mass is 9.97. The number of carboxylic acid groups (broad SMARTS) is 1. The van der Waals surface area contributed by atoms with Gasteiger partial charge >= 0.3 is 5.97 Å². The molecule has 1 aliphatic rings. The smallest absolute Gasteiger partial charge is 0.314 e. The molecule has 1 aliphatic carbocycles. The van der Waals surface area contributed by atoms with Gasteiger partial charge in [-0.15, -0.1) is 0 Å². The van der Waals surface area contributed by atoms with E-state index in [1.54, 1.807) is 18.6 Å². The van der Waals surface area contributed by atoms with Crippen LogP contribution in [0.25, 0.3) is 22.5 Å². The highest BCUT2D eigenvalue weighted by Crippen LogP contribution is 2.48. The van der Waals surface area contributed by atoms with Crippen LogP contribution in [-0.2, 0) is 16.8 Å². The average molecular weight is 335 g/mol. The third kappa shape index (κ3) is 2.58. The molecule has 3 aromatic heterocycles. The van der Waals surface area contributed by atoms with Crippen molar-refractivity contribution < 1.29 is 9.90 Å². The predicted octanol–water partition coefficient (Wildman–Crippen LogP) is 2.11. The second kappa shape index (κ2) is 5.78. The first kappa shape index (κ1) is 15.5. The van der Waals surface area contributed by atoms with Gasteiger partial charge in [0.1, 0.15) is 0 Å². The fraction of sp³-hybridized carbons (Fsp3) is 0.222. The van der Waals surface area contributed by atoms with Gasteiger partial charge in [-0.25, -0.2) is 0 Å². The van der Waals surface area contributed by atoms with E-state index in [4.69, 9.17) is 5.73 Å². The topological polar surface area (TPSA) is 118 Å². The van der Waals surface area contributed by atoms with Crippen LogP contribution in [0.4, 0.5) is 0 Å². The summed E-state index contributed by atoms with van der Waals surface area (Å²) < 4.78 is 0. The van der Waals surface area contributed by atoms with E-state index >= 15 is 0 Å². The first-order valence-electron chi connectivity index (χ1n) is 8.03. The zero-order chi connectivity index (χ0) is 17.4. The van der Waals surface area contributed by atoms with Gasteiger partial charge in [0.2, 0.25) is 0 Å². The van der Waals surface area contributed by atoms with Crippen molar-refractivity contribution in [1.29, 1.82) is 0 Å². The highest BCUT2D eigenvalue weighted by molar-refractivity contribution is 5.84. The van der Waals surface area contributed by atoms with Gasteiger partial charge in [0.15, 0.2) is 0 Å². The highest BCUT2D eigenvalue weighted by atomic mass is 16.4. The van der Waals surface area contributed by atoms with Crippen molar-refractivity contribution in [2.45, 2.75) is 24.8 Å². The van der Waals surface area contributed by atoms with E-state index in [2.05, 4.69) is 20.2 Å². The number of nitrogens with two attached hydrogens (primary N) is 1. The van der Waals surface area contributed by atoms with Gasteiger partial charge in [-0.3, -0.25) is 19.9 Å². The number of hydrogen-bond acceptors (Lipinski definition) is 5. The van der Waals surface area contributed by atoms with Crippen molar-refractivity contribution in [2.75, 3.05) is 0 Å². The van der Waals surface area contributed by atoms with E-state index < -0.39 is 11.4 Å². The maximum Gasteiger partial charge on any atom is 0.314 e. The summed E-state index contributed by atoms with van der Waals surface area (Å²) in [6.07, 6.45) is 6.46. The molecular formula is C18H17N5O2. The normalized spacial score (nSPS) is 15.1. The molecule has 7 nitrogen and oxygen atoms in total. The zero-order valence-electron chi connectivity index (χ0n) is 13.4. The standard InChI is InChI=1S/C18H17N5O2/c19-7-16-13(10-22-23-16)15-3-1-11(8-20-15)14-4-2-12(9-21-14)18(5-6-18)17(24)25/h1-4,8-10H,5-7,19H2,(H,22,23)(H,24,25). The minimum atomic E-state index is -0.774. The molecule has 0 amide bonds. The number of hydrogen-bond donors (Lipinski definition) is 3. The molecule has 0 radical (unpaired) electrons. The second-order valence-corrected chi connectivity index (χ2v) is 6.22. The van der Waals surface area contributed by atoms with Crippen molar-refractivity contribution in [3.05, 3.63) is 54.1 Å².